The van der Waals surface area contributed by atoms with E-state index in [9.17, 15) is 4.79 Å². The minimum atomic E-state index is -0.000920. The predicted molar refractivity (Wildman–Crippen MR) is 63.1 cm³/mol. The van der Waals surface area contributed by atoms with E-state index in [1.54, 1.807) is 0 Å². The topological polar surface area (TPSA) is 29.1 Å². The van der Waals surface area contributed by atoms with E-state index in [2.05, 4.69) is 11.4 Å². The minimum Gasteiger partial charge on any atom is -0.350 e. The fourth-order valence-electron chi connectivity index (χ4n) is 1.42. The van der Waals surface area contributed by atoms with Crippen molar-refractivity contribution in [3.8, 4) is 0 Å². The summed E-state index contributed by atoms with van der Waals surface area (Å²) in [5, 5.41) is 2.90. The summed E-state index contributed by atoms with van der Waals surface area (Å²) in [5.41, 5.74) is 2.32. The number of hydrogen-bond donors (Lipinski definition) is 1. The molecule has 3 heteroatoms. The zero-order valence-electron chi connectivity index (χ0n) is 9.09. The van der Waals surface area contributed by atoms with Crippen LogP contribution in [0.25, 0.3) is 0 Å². The monoisotopic (exact) mass is 225 g/mol. The van der Waals surface area contributed by atoms with Crippen LogP contribution < -0.4 is 5.32 Å². The lowest BCUT2D eigenvalue weighted by molar-refractivity contribution is -0.121. The average molecular weight is 226 g/mol. The van der Waals surface area contributed by atoms with Gasteiger partial charge in [0.2, 0.25) is 5.91 Å². The second kappa shape index (κ2) is 5.76. The SMILES string of the molecule is Cc1cccc([C@@H](C)NC(=O)CCCl)c1. The van der Waals surface area contributed by atoms with Gasteiger partial charge >= 0.3 is 0 Å². The maximum atomic E-state index is 11.3. The van der Waals surface area contributed by atoms with Crippen LogP contribution in [0, 0.1) is 6.92 Å². The highest BCUT2D eigenvalue weighted by Crippen LogP contribution is 2.13. The van der Waals surface area contributed by atoms with Crippen molar-refractivity contribution >= 4 is 17.5 Å². The molecule has 0 aliphatic carbocycles. The summed E-state index contributed by atoms with van der Waals surface area (Å²) in [5.74, 6) is 0.367. The van der Waals surface area contributed by atoms with Gasteiger partial charge in [-0.15, -0.1) is 11.6 Å². The highest BCUT2D eigenvalue weighted by molar-refractivity contribution is 6.18. The molecule has 82 valence electrons. The number of carbonyl (C=O) groups excluding carboxylic acids is 1. The molecule has 1 N–H and O–H groups in total. The van der Waals surface area contributed by atoms with Gasteiger partial charge in [0.1, 0.15) is 0 Å². The Morgan fingerprint density at radius 2 is 2.27 bits per heavy atom. The molecule has 0 aromatic heterocycles. The lowest BCUT2D eigenvalue weighted by atomic mass is 10.1. The van der Waals surface area contributed by atoms with Crippen molar-refractivity contribution in [2.45, 2.75) is 26.3 Å². The first-order valence-corrected chi connectivity index (χ1v) is 5.59. The van der Waals surface area contributed by atoms with Gasteiger partial charge in [-0.3, -0.25) is 4.79 Å². The lowest BCUT2D eigenvalue weighted by Crippen LogP contribution is -2.26. The normalized spacial score (nSPS) is 12.2. The molecule has 0 bridgehead atoms. The van der Waals surface area contributed by atoms with Gasteiger partial charge in [-0.05, 0) is 19.4 Å². The van der Waals surface area contributed by atoms with E-state index in [0.717, 1.165) is 5.56 Å². The Kier molecular flexibility index (Phi) is 4.63. The Bertz CT molecular complexity index is 338. The Hall–Kier alpha value is -1.02. The average Bonchev–Trinajstić information content (AvgIpc) is 2.18. The van der Waals surface area contributed by atoms with E-state index in [1.807, 2.05) is 32.0 Å². The van der Waals surface area contributed by atoms with Crippen LogP contribution in [0.15, 0.2) is 24.3 Å². The summed E-state index contributed by atoms with van der Waals surface area (Å²) in [6.45, 7) is 4.01. The molecule has 1 atom stereocenters. The van der Waals surface area contributed by atoms with Gasteiger partial charge in [0.15, 0.2) is 0 Å². The second-order valence-corrected chi connectivity index (χ2v) is 4.02. The second-order valence-electron chi connectivity index (χ2n) is 3.64. The van der Waals surface area contributed by atoms with Crippen molar-refractivity contribution in [3.63, 3.8) is 0 Å². The Morgan fingerprint density at radius 1 is 1.53 bits per heavy atom. The first-order chi connectivity index (χ1) is 7.13. The van der Waals surface area contributed by atoms with E-state index < -0.39 is 0 Å². The molecule has 0 heterocycles. The molecule has 0 fully saturated rings. The third-order valence-corrected chi connectivity index (χ3v) is 2.43. The van der Waals surface area contributed by atoms with Crippen LogP contribution in [0.1, 0.15) is 30.5 Å². The standard InChI is InChI=1S/C12H16ClNO/c1-9-4-3-5-11(8-9)10(2)14-12(15)6-7-13/h3-5,8,10H,6-7H2,1-2H3,(H,14,15)/t10-/m1/s1. The van der Waals surface area contributed by atoms with Crippen LogP contribution in [0.5, 0.6) is 0 Å². The highest BCUT2D eigenvalue weighted by atomic mass is 35.5. The van der Waals surface area contributed by atoms with E-state index in [1.165, 1.54) is 5.56 Å². The van der Waals surface area contributed by atoms with Gasteiger partial charge in [0.05, 0.1) is 6.04 Å². The molecule has 0 unspecified atom stereocenters. The van der Waals surface area contributed by atoms with Gasteiger partial charge in [-0.2, -0.15) is 0 Å². The van der Waals surface area contributed by atoms with Crippen molar-refractivity contribution in [2.75, 3.05) is 5.88 Å². The maximum absolute atomic E-state index is 11.3. The fourth-order valence-corrected chi connectivity index (χ4v) is 1.59. The zero-order chi connectivity index (χ0) is 11.3. The van der Waals surface area contributed by atoms with E-state index in [0.29, 0.717) is 12.3 Å². The summed E-state index contributed by atoms with van der Waals surface area (Å²) < 4.78 is 0. The van der Waals surface area contributed by atoms with Crippen molar-refractivity contribution in [1.82, 2.24) is 5.32 Å². The number of alkyl halides is 1. The van der Waals surface area contributed by atoms with E-state index >= 15 is 0 Å². The summed E-state index contributed by atoms with van der Waals surface area (Å²) in [6.07, 6.45) is 0.373. The zero-order valence-corrected chi connectivity index (χ0v) is 9.84. The number of aryl methyl sites for hydroxylation is 1. The predicted octanol–water partition coefficient (Wildman–Crippen LogP) is 2.80. The molecule has 0 spiro atoms. The fraction of sp³-hybridized carbons (Fsp3) is 0.417. The minimum absolute atomic E-state index is 0.000920. The quantitative estimate of drug-likeness (QED) is 0.785. The third-order valence-electron chi connectivity index (χ3n) is 2.24. The number of nitrogens with one attached hydrogen (secondary N) is 1. The Balaban J connectivity index is 2.60. The first kappa shape index (κ1) is 12.1. The number of carbonyl (C=O) groups is 1. The number of benzene rings is 1. The summed E-state index contributed by atoms with van der Waals surface area (Å²) in [7, 11) is 0. The molecule has 0 saturated carbocycles. The van der Waals surface area contributed by atoms with Gasteiger partial charge in [-0.1, -0.05) is 29.8 Å². The highest BCUT2D eigenvalue weighted by Gasteiger charge is 2.08. The maximum Gasteiger partial charge on any atom is 0.221 e. The van der Waals surface area contributed by atoms with Crippen LogP contribution in [-0.2, 0) is 4.79 Å². The molecule has 2 nitrogen and oxygen atoms in total. The molecule has 1 amide bonds. The number of amides is 1. The number of halogens is 1. The largest absolute Gasteiger partial charge is 0.350 e. The number of hydrogen-bond acceptors (Lipinski definition) is 1. The summed E-state index contributed by atoms with van der Waals surface area (Å²) in [6, 6.07) is 8.16. The third kappa shape index (κ3) is 3.92. The molecule has 0 saturated heterocycles. The lowest BCUT2D eigenvalue weighted by Gasteiger charge is -2.14. The van der Waals surface area contributed by atoms with Crippen molar-refractivity contribution in [1.29, 1.82) is 0 Å². The first-order valence-electron chi connectivity index (χ1n) is 5.05. The van der Waals surface area contributed by atoms with Crippen molar-refractivity contribution in [3.05, 3.63) is 35.4 Å². The molecular weight excluding hydrogens is 210 g/mol. The summed E-state index contributed by atoms with van der Waals surface area (Å²) >= 11 is 5.49. The molecule has 1 aromatic carbocycles. The van der Waals surface area contributed by atoms with Crippen LogP contribution >= 0.6 is 11.6 Å². The Morgan fingerprint density at radius 3 is 2.87 bits per heavy atom. The van der Waals surface area contributed by atoms with Crippen LogP contribution in [-0.4, -0.2) is 11.8 Å². The number of rotatable bonds is 4. The van der Waals surface area contributed by atoms with Gasteiger partial charge < -0.3 is 5.32 Å². The molecule has 0 aliphatic heterocycles. The molecule has 0 radical (unpaired) electrons. The van der Waals surface area contributed by atoms with Crippen molar-refractivity contribution < 1.29 is 4.79 Å². The van der Waals surface area contributed by atoms with Crippen molar-refractivity contribution in [2.24, 2.45) is 0 Å². The Labute approximate surface area is 95.6 Å². The van der Waals surface area contributed by atoms with E-state index in [4.69, 9.17) is 11.6 Å². The van der Waals surface area contributed by atoms with Crippen LogP contribution in [0.3, 0.4) is 0 Å². The van der Waals surface area contributed by atoms with E-state index in [-0.39, 0.29) is 11.9 Å². The smallest absolute Gasteiger partial charge is 0.221 e. The molecular formula is C12H16ClNO. The van der Waals surface area contributed by atoms with Crippen LogP contribution in [0.2, 0.25) is 0 Å². The molecule has 1 aromatic rings. The molecule has 1 rings (SSSR count). The van der Waals surface area contributed by atoms with Gasteiger partial charge in [-0.25, -0.2) is 0 Å². The van der Waals surface area contributed by atoms with Gasteiger partial charge in [0, 0.05) is 12.3 Å². The molecule has 0 aliphatic rings. The van der Waals surface area contributed by atoms with Gasteiger partial charge in [0.25, 0.3) is 0 Å². The van der Waals surface area contributed by atoms with Crippen LogP contribution in [0.4, 0.5) is 0 Å². The summed E-state index contributed by atoms with van der Waals surface area (Å²) in [4.78, 5) is 11.3. The molecule has 15 heavy (non-hydrogen) atoms.